The van der Waals surface area contributed by atoms with Gasteiger partial charge in [-0.15, -0.1) is 0 Å². The van der Waals surface area contributed by atoms with Gasteiger partial charge >= 0.3 is 11.9 Å². The maximum absolute atomic E-state index is 13.8. The van der Waals surface area contributed by atoms with Crippen LogP contribution < -0.4 is 10.6 Å². The number of hydrogen-bond donors (Lipinski definition) is 4. The Morgan fingerprint density at radius 2 is 1.47 bits per heavy atom. The fourth-order valence-corrected chi connectivity index (χ4v) is 7.83. The molecule has 0 saturated heterocycles. The summed E-state index contributed by atoms with van der Waals surface area (Å²) in [6.45, 7) is 17.4. The van der Waals surface area contributed by atoms with Gasteiger partial charge < -0.3 is 39.6 Å². The highest BCUT2D eigenvalue weighted by molar-refractivity contribution is 6.18. The molecule has 2 amide bonds. The highest BCUT2D eigenvalue weighted by Gasteiger charge is 2.38. The topological polar surface area (TPSA) is 194 Å². The molecule has 0 saturated carbocycles. The predicted molar refractivity (Wildman–Crippen MR) is 220 cm³/mol. The van der Waals surface area contributed by atoms with Crippen molar-refractivity contribution < 1.29 is 38.2 Å². The Morgan fingerprint density at radius 1 is 0.828 bits per heavy atom. The summed E-state index contributed by atoms with van der Waals surface area (Å²) in [6.07, 6.45) is 3.50. The van der Waals surface area contributed by atoms with Crippen LogP contribution in [0.15, 0.2) is 30.9 Å². The molecule has 306 valence electrons. The number of aryl methyl sites for hydroxylation is 1. The zero-order chi connectivity index (χ0) is 41.7. The number of ketones is 1. The van der Waals surface area contributed by atoms with E-state index in [0.29, 0.717) is 67.2 Å². The quantitative estimate of drug-likeness (QED) is 0.0790. The number of amides is 2. The summed E-state index contributed by atoms with van der Waals surface area (Å²) in [4.78, 5) is 79.9. The minimum absolute atomic E-state index is 0.0276. The maximum Gasteiger partial charge on any atom is 0.349 e. The van der Waals surface area contributed by atoms with Gasteiger partial charge in [-0.05, 0) is 81.0 Å². The third-order valence-electron chi connectivity index (χ3n) is 11.1. The Balaban J connectivity index is 1.22. The number of fused-ring (bicyclic) bond motifs is 8. The lowest BCUT2D eigenvalue weighted by molar-refractivity contribution is -0.124. The Hall–Kier alpha value is -5.73. The molecule has 8 bridgehead atoms. The van der Waals surface area contributed by atoms with Crippen LogP contribution in [0.3, 0.4) is 0 Å². The maximum atomic E-state index is 13.8. The lowest BCUT2D eigenvalue weighted by atomic mass is 9.85. The van der Waals surface area contributed by atoms with Crippen molar-refractivity contribution in [1.29, 1.82) is 0 Å². The van der Waals surface area contributed by atoms with Gasteiger partial charge in [-0.25, -0.2) is 19.6 Å². The number of ether oxygens (including phenoxy) is 3. The van der Waals surface area contributed by atoms with Crippen LogP contribution in [-0.4, -0.2) is 89.0 Å². The van der Waals surface area contributed by atoms with Gasteiger partial charge in [0.15, 0.2) is 0 Å². The first kappa shape index (κ1) is 41.9. The molecule has 2 aromatic heterocycles. The van der Waals surface area contributed by atoms with Crippen LogP contribution >= 0.6 is 0 Å². The van der Waals surface area contributed by atoms with Crippen LogP contribution in [-0.2, 0) is 28.6 Å². The van der Waals surface area contributed by atoms with Gasteiger partial charge in [0.05, 0.1) is 60.3 Å². The summed E-state index contributed by atoms with van der Waals surface area (Å²) in [5.41, 5.74) is 10.6. The minimum atomic E-state index is -0.764. The largest absolute Gasteiger partial charge is 0.386 e. The second-order valence-corrected chi connectivity index (χ2v) is 14.9. The van der Waals surface area contributed by atoms with Crippen molar-refractivity contribution in [3.8, 4) is 0 Å². The minimum Gasteiger partial charge on any atom is -0.386 e. The number of Topliss-reactive ketones (excluding diaryl/α,β-unsaturated/α-hetero) is 1. The number of nitrogens with zero attached hydrogens (tertiary/aromatic N) is 2. The first-order valence-electron chi connectivity index (χ1n) is 19.9. The molecule has 0 aromatic carbocycles. The second-order valence-electron chi connectivity index (χ2n) is 14.9. The van der Waals surface area contributed by atoms with Gasteiger partial charge in [-0.3, -0.25) is 9.59 Å². The molecule has 6 heterocycles. The van der Waals surface area contributed by atoms with E-state index in [2.05, 4.69) is 34.1 Å². The zero-order valence-corrected chi connectivity index (χ0v) is 34.1. The van der Waals surface area contributed by atoms with Crippen molar-refractivity contribution in [2.75, 3.05) is 39.5 Å². The van der Waals surface area contributed by atoms with Crippen LogP contribution in [0, 0.1) is 6.92 Å². The average molecular weight is 793 g/mol. The van der Waals surface area contributed by atoms with Gasteiger partial charge in [0.1, 0.15) is 11.3 Å². The molecule has 0 fully saturated rings. The molecule has 14 heteroatoms. The summed E-state index contributed by atoms with van der Waals surface area (Å²) >= 11 is 0. The fraction of sp³-hybridized carbons (Fsp3) is 0.432. The lowest BCUT2D eigenvalue weighted by Crippen LogP contribution is -2.29. The number of nitrogens with one attached hydrogen (secondary N) is 4. The number of carbonyl (C=O) groups is 5. The van der Waals surface area contributed by atoms with Gasteiger partial charge in [-0.1, -0.05) is 26.5 Å². The van der Waals surface area contributed by atoms with Crippen molar-refractivity contribution in [3.05, 3.63) is 81.7 Å². The smallest absolute Gasteiger partial charge is 0.349 e. The number of H-pyrrole nitrogens is 2. The molecule has 4 aliphatic heterocycles. The second kappa shape index (κ2) is 18.2. The molecule has 4 aliphatic rings. The summed E-state index contributed by atoms with van der Waals surface area (Å²) < 4.78 is 16.5. The monoisotopic (exact) mass is 792 g/mol. The summed E-state index contributed by atoms with van der Waals surface area (Å²) in [5.74, 6) is -2.34. The number of esters is 2. The Labute approximate surface area is 337 Å². The third kappa shape index (κ3) is 8.87. The predicted octanol–water partition coefficient (Wildman–Crippen LogP) is 6.42. The number of aromatic nitrogens is 4. The van der Waals surface area contributed by atoms with E-state index in [0.717, 1.165) is 57.2 Å². The van der Waals surface area contributed by atoms with Crippen LogP contribution in [0.2, 0.25) is 0 Å². The van der Waals surface area contributed by atoms with E-state index in [9.17, 15) is 24.0 Å². The molecule has 58 heavy (non-hydrogen) atoms. The van der Waals surface area contributed by atoms with E-state index < -0.39 is 11.9 Å². The third-order valence-corrected chi connectivity index (χ3v) is 11.1. The van der Waals surface area contributed by atoms with Crippen LogP contribution in [0.4, 0.5) is 0 Å². The zero-order valence-electron chi connectivity index (χ0n) is 34.1. The molecule has 0 radical (unpaired) electrons. The highest BCUT2D eigenvalue weighted by atomic mass is 16.6. The summed E-state index contributed by atoms with van der Waals surface area (Å²) in [5, 5.41) is 5.61. The Morgan fingerprint density at radius 3 is 2.12 bits per heavy atom. The summed E-state index contributed by atoms with van der Waals surface area (Å²) in [7, 11) is 0. The molecule has 2 aromatic rings. The van der Waals surface area contributed by atoms with Crippen molar-refractivity contribution in [1.82, 2.24) is 30.6 Å². The van der Waals surface area contributed by atoms with Crippen LogP contribution in [0.1, 0.15) is 139 Å². The number of aromatic amines is 2. The van der Waals surface area contributed by atoms with Crippen molar-refractivity contribution >= 4 is 62.9 Å². The highest BCUT2D eigenvalue weighted by Crippen LogP contribution is 2.44. The molecule has 0 spiro atoms. The number of carbonyl (C=O) groups excluding carboxylic acids is 5. The van der Waals surface area contributed by atoms with E-state index in [1.54, 1.807) is 6.08 Å². The van der Waals surface area contributed by atoms with E-state index in [-0.39, 0.29) is 60.9 Å². The number of hydrogen-bond acceptors (Lipinski definition) is 10. The summed E-state index contributed by atoms with van der Waals surface area (Å²) in [6, 6.07) is 5.90. The van der Waals surface area contributed by atoms with E-state index >= 15 is 0 Å². The molecule has 2 unspecified atom stereocenters. The molecule has 6 rings (SSSR count). The average Bonchev–Trinajstić information content (AvgIpc) is 3.86. The molecular formula is C44H52N6O8. The Kier molecular flexibility index (Phi) is 13.2. The molecule has 2 atom stereocenters. The number of allylic oxidation sites excluding steroid dienone is 5. The van der Waals surface area contributed by atoms with Crippen molar-refractivity contribution in [2.45, 2.75) is 85.5 Å². The number of cyclic esters (lactones) is 2. The SMILES string of the molecule is C=CC1=C(C)c2cc3[nH]c(c4c5[nH]c(cc6nc(cc1n2)C(C)=C6CC)c(C)c5C(=O)OC4=O)C(CCC(=O)NCCOCCOCCNC(=O)CCC(C)=O)C3C. The number of rotatable bonds is 17. The van der Waals surface area contributed by atoms with Crippen molar-refractivity contribution in [3.63, 3.8) is 0 Å². The van der Waals surface area contributed by atoms with Crippen LogP contribution in [0.25, 0.3) is 33.3 Å². The standard InChI is InChI=1S/C44H52N6O8/c1-8-28-24(4)31-20-33-26(6)30(11-13-38(53)46-15-17-57-19-18-56-16-14-45-37(52)12-10-23(3)51)41(49-33)40-42-39(43(54)58-44(40)55)27(7)34(50-42)22-36-29(9-2)25(5)32(48-36)21-35(28)47-31/h8,20-22,26,30,49-50H,1,9-19H2,2-7H3,(H,45,52)(H,46,53). The van der Waals surface area contributed by atoms with Gasteiger partial charge in [0.2, 0.25) is 11.8 Å². The van der Waals surface area contributed by atoms with Gasteiger partial charge in [0.25, 0.3) is 0 Å². The van der Waals surface area contributed by atoms with Gasteiger partial charge in [0, 0.05) is 66.7 Å². The van der Waals surface area contributed by atoms with E-state index in [4.69, 9.17) is 24.2 Å². The van der Waals surface area contributed by atoms with Crippen molar-refractivity contribution in [2.24, 2.45) is 0 Å². The van der Waals surface area contributed by atoms with E-state index in [1.807, 2.05) is 45.9 Å². The molecular weight excluding hydrogens is 741 g/mol. The normalized spacial score (nSPS) is 16.7. The van der Waals surface area contributed by atoms with Crippen LogP contribution in [0.5, 0.6) is 0 Å². The first-order chi connectivity index (χ1) is 27.8. The fourth-order valence-electron chi connectivity index (χ4n) is 7.83. The lowest BCUT2D eigenvalue weighted by Gasteiger charge is -2.19. The van der Waals surface area contributed by atoms with Gasteiger partial charge in [-0.2, -0.15) is 0 Å². The molecule has 0 aliphatic carbocycles. The first-order valence-corrected chi connectivity index (χ1v) is 19.9. The molecule has 4 N–H and O–H groups in total. The Bertz CT molecular complexity index is 2310. The van der Waals surface area contributed by atoms with E-state index in [1.165, 1.54) is 6.92 Å². The molecule has 14 nitrogen and oxygen atoms in total.